The summed E-state index contributed by atoms with van der Waals surface area (Å²) in [5.74, 6) is -2.45. The molecule has 1 atom stereocenters. The topological polar surface area (TPSA) is 27.1 Å². The van der Waals surface area contributed by atoms with E-state index in [0.717, 1.165) is 19.4 Å². The number of rotatable bonds is 2. The van der Waals surface area contributed by atoms with Crippen LogP contribution in [0.2, 0.25) is 0 Å². The number of hydrogen-bond donors (Lipinski definition) is 1. The van der Waals surface area contributed by atoms with Crippen molar-refractivity contribution in [1.29, 1.82) is 5.41 Å². The first-order chi connectivity index (χ1) is 6.59. The molecule has 1 aliphatic carbocycles. The fourth-order valence-electron chi connectivity index (χ4n) is 2.42. The highest BCUT2D eigenvalue weighted by Gasteiger charge is 2.44. The van der Waals surface area contributed by atoms with Gasteiger partial charge in [-0.25, -0.2) is 8.78 Å². The summed E-state index contributed by atoms with van der Waals surface area (Å²) in [4.78, 5) is 1.82. The standard InChI is InChI=1S/C10H16F2N2/c11-10(12)5-1-3-8(10)7-14-6-2-4-9(14)13/h8,13H,1-7H2. The third-order valence-electron chi connectivity index (χ3n) is 3.32. The molecule has 0 aromatic carbocycles. The number of likely N-dealkylation sites (tertiary alicyclic amines) is 1. The summed E-state index contributed by atoms with van der Waals surface area (Å²) in [6, 6.07) is 0. The van der Waals surface area contributed by atoms with Crippen molar-refractivity contribution in [2.24, 2.45) is 5.92 Å². The number of alkyl halides is 2. The number of amidine groups is 1. The summed E-state index contributed by atoms with van der Waals surface area (Å²) in [6.07, 6.45) is 3.02. The molecular weight excluding hydrogens is 186 g/mol. The molecule has 1 aliphatic heterocycles. The number of nitrogens with one attached hydrogen (secondary N) is 1. The van der Waals surface area contributed by atoms with Crippen LogP contribution in [0.25, 0.3) is 0 Å². The Bertz CT molecular complexity index is 240. The molecule has 0 bridgehead atoms. The molecular formula is C10H16F2N2. The molecule has 1 unspecified atom stereocenters. The molecule has 1 saturated heterocycles. The lowest BCUT2D eigenvalue weighted by Crippen LogP contribution is -2.36. The van der Waals surface area contributed by atoms with Gasteiger partial charge in [0.25, 0.3) is 5.92 Å². The van der Waals surface area contributed by atoms with Gasteiger partial charge in [-0.3, -0.25) is 5.41 Å². The molecule has 2 fully saturated rings. The Morgan fingerprint density at radius 3 is 2.71 bits per heavy atom. The van der Waals surface area contributed by atoms with Gasteiger partial charge in [0.05, 0.1) is 5.84 Å². The molecule has 2 nitrogen and oxygen atoms in total. The Labute approximate surface area is 82.8 Å². The van der Waals surface area contributed by atoms with Gasteiger partial charge in [-0.1, -0.05) is 0 Å². The molecule has 0 amide bonds. The highest BCUT2D eigenvalue weighted by molar-refractivity contribution is 5.80. The van der Waals surface area contributed by atoms with Gasteiger partial charge in [0.1, 0.15) is 0 Å². The first-order valence-corrected chi connectivity index (χ1v) is 5.30. The van der Waals surface area contributed by atoms with Crippen LogP contribution in [0.1, 0.15) is 32.1 Å². The Hall–Kier alpha value is -0.670. The minimum atomic E-state index is -2.48. The number of halogens is 2. The van der Waals surface area contributed by atoms with E-state index in [1.54, 1.807) is 0 Å². The van der Waals surface area contributed by atoms with Crippen LogP contribution in [0.15, 0.2) is 0 Å². The molecule has 1 saturated carbocycles. The van der Waals surface area contributed by atoms with Crippen LogP contribution in [-0.2, 0) is 0 Å². The molecule has 14 heavy (non-hydrogen) atoms. The average Bonchev–Trinajstić information content (AvgIpc) is 2.62. The lowest BCUT2D eigenvalue weighted by molar-refractivity contribution is -0.0417. The second-order valence-electron chi connectivity index (χ2n) is 4.35. The molecule has 2 rings (SSSR count). The van der Waals surface area contributed by atoms with Crippen LogP contribution < -0.4 is 0 Å². The van der Waals surface area contributed by atoms with Crippen molar-refractivity contribution < 1.29 is 8.78 Å². The van der Waals surface area contributed by atoms with Crippen molar-refractivity contribution in [2.75, 3.05) is 13.1 Å². The number of nitrogens with zero attached hydrogens (tertiary/aromatic N) is 1. The molecule has 80 valence electrons. The molecule has 0 aromatic rings. The summed E-state index contributed by atoms with van der Waals surface area (Å²) in [5, 5.41) is 7.58. The van der Waals surface area contributed by atoms with Gasteiger partial charge in [-0.15, -0.1) is 0 Å². The SMILES string of the molecule is N=C1CCCN1CC1CCCC1(F)F. The van der Waals surface area contributed by atoms with Crippen LogP contribution in [0.5, 0.6) is 0 Å². The zero-order chi connectivity index (χ0) is 10.2. The summed E-state index contributed by atoms with van der Waals surface area (Å²) >= 11 is 0. The molecule has 2 aliphatic rings. The monoisotopic (exact) mass is 202 g/mol. The molecule has 1 heterocycles. The maximum absolute atomic E-state index is 13.3. The molecule has 0 spiro atoms. The van der Waals surface area contributed by atoms with E-state index in [-0.39, 0.29) is 6.42 Å². The van der Waals surface area contributed by atoms with Crippen molar-refractivity contribution in [2.45, 2.75) is 38.0 Å². The Morgan fingerprint density at radius 1 is 1.43 bits per heavy atom. The summed E-state index contributed by atoms with van der Waals surface area (Å²) < 4.78 is 26.6. The highest BCUT2D eigenvalue weighted by atomic mass is 19.3. The smallest absolute Gasteiger partial charge is 0.252 e. The van der Waals surface area contributed by atoms with E-state index in [1.807, 2.05) is 4.90 Å². The van der Waals surface area contributed by atoms with Crippen LogP contribution in [0.3, 0.4) is 0 Å². The van der Waals surface area contributed by atoms with Crippen molar-refractivity contribution in [3.63, 3.8) is 0 Å². The van der Waals surface area contributed by atoms with Gasteiger partial charge in [0.15, 0.2) is 0 Å². The second-order valence-corrected chi connectivity index (χ2v) is 4.35. The maximum Gasteiger partial charge on any atom is 0.252 e. The van der Waals surface area contributed by atoms with Crippen LogP contribution in [-0.4, -0.2) is 29.7 Å². The minimum absolute atomic E-state index is 0.0405. The third kappa shape index (κ3) is 1.74. The van der Waals surface area contributed by atoms with Crippen LogP contribution >= 0.6 is 0 Å². The summed E-state index contributed by atoms with van der Waals surface area (Å²) in [5.41, 5.74) is 0. The first-order valence-electron chi connectivity index (χ1n) is 5.30. The van der Waals surface area contributed by atoms with Gasteiger partial charge in [0, 0.05) is 31.8 Å². The fourth-order valence-corrected chi connectivity index (χ4v) is 2.42. The molecule has 1 N–H and O–H groups in total. The summed E-state index contributed by atoms with van der Waals surface area (Å²) in [6.45, 7) is 1.19. The van der Waals surface area contributed by atoms with Gasteiger partial charge in [-0.2, -0.15) is 0 Å². The van der Waals surface area contributed by atoms with Gasteiger partial charge < -0.3 is 4.90 Å². The molecule has 0 aromatic heterocycles. The molecule has 4 heteroatoms. The maximum atomic E-state index is 13.3. The lowest BCUT2D eigenvalue weighted by atomic mass is 10.0. The predicted octanol–water partition coefficient (Wildman–Crippen LogP) is 2.49. The van der Waals surface area contributed by atoms with Crippen LogP contribution in [0.4, 0.5) is 8.78 Å². The van der Waals surface area contributed by atoms with E-state index < -0.39 is 11.8 Å². The largest absolute Gasteiger partial charge is 0.360 e. The van der Waals surface area contributed by atoms with Crippen molar-refractivity contribution in [1.82, 2.24) is 4.90 Å². The highest BCUT2D eigenvalue weighted by Crippen LogP contribution is 2.41. The van der Waals surface area contributed by atoms with E-state index in [4.69, 9.17) is 5.41 Å². The van der Waals surface area contributed by atoms with E-state index in [9.17, 15) is 8.78 Å². The Balaban J connectivity index is 1.93. The third-order valence-corrected chi connectivity index (χ3v) is 3.32. The zero-order valence-corrected chi connectivity index (χ0v) is 8.23. The van der Waals surface area contributed by atoms with Crippen molar-refractivity contribution >= 4 is 5.84 Å². The first kappa shape index (κ1) is 9.87. The van der Waals surface area contributed by atoms with Gasteiger partial charge in [-0.05, 0) is 19.3 Å². The van der Waals surface area contributed by atoms with Crippen LogP contribution in [0, 0.1) is 11.3 Å². The predicted molar refractivity (Wildman–Crippen MR) is 50.8 cm³/mol. The second kappa shape index (κ2) is 3.48. The van der Waals surface area contributed by atoms with Gasteiger partial charge in [0.2, 0.25) is 0 Å². The van der Waals surface area contributed by atoms with E-state index in [2.05, 4.69) is 0 Å². The average molecular weight is 202 g/mol. The fraction of sp³-hybridized carbons (Fsp3) is 0.900. The summed E-state index contributed by atoms with van der Waals surface area (Å²) in [7, 11) is 0. The normalized spacial score (nSPS) is 31.4. The van der Waals surface area contributed by atoms with Crippen molar-refractivity contribution in [3.05, 3.63) is 0 Å². The quantitative estimate of drug-likeness (QED) is 0.731. The molecule has 0 radical (unpaired) electrons. The van der Waals surface area contributed by atoms with Crippen molar-refractivity contribution in [3.8, 4) is 0 Å². The minimum Gasteiger partial charge on any atom is -0.360 e. The van der Waals surface area contributed by atoms with E-state index in [1.165, 1.54) is 0 Å². The lowest BCUT2D eigenvalue weighted by Gasteiger charge is -2.26. The Kier molecular flexibility index (Phi) is 2.45. The Morgan fingerprint density at radius 2 is 2.21 bits per heavy atom. The van der Waals surface area contributed by atoms with E-state index >= 15 is 0 Å². The zero-order valence-electron chi connectivity index (χ0n) is 8.23. The van der Waals surface area contributed by atoms with E-state index in [0.29, 0.717) is 25.2 Å². The number of hydrogen-bond acceptors (Lipinski definition) is 1. The van der Waals surface area contributed by atoms with Gasteiger partial charge >= 0.3 is 0 Å².